The van der Waals surface area contributed by atoms with Crippen LogP contribution in [0.2, 0.25) is 0 Å². The van der Waals surface area contributed by atoms with Crippen molar-refractivity contribution in [2.24, 2.45) is 0 Å². The summed E-state index contributed by atoms with van der Waals surface area (Å²) >= 11 is 0. The van der Waals surface area contributed by atoms with E-state index in [1.54, 1.807) is 6.92 Å². The van der Waals surface area contributed by atoms with Gasteiger partial charge in [0, 0.05) is 50.6 Å². The van der Waals surface area contributed by atoms with Gasteiger partial charge in [-0.3, -0.25) is 9.59 Å². The first kappa shape index (κ1) is 17.4. The van der Waals surface area contributed by atoms with E-state index in [0.717, 1.165) is 55.6 Å². The Labute approximate surface area is 148 Å². The summed E-state index contributed by atoms with van der Waals surface area (Å²) in [5, 5.41) is 5.22. The fourth-order valence-electron chi connectivity index (χ4n) is 3.32. The van der Waals surface area contributed by atoms with Crippen LogP contribution in [0.5, 0.6) is 0 Å². The van der Waals surface area contributed by atoms with Gasteiger partial charge in [0.25, 0.3) is 0 Å². The maximum Gasteiger partial charge on any atom is 0.225 e. The van der Waals surface area contributed by atoms with Crippen LogP contribution in [0, 0.1) is 0 Å². The zero-order chi connectivity index (χ0) is 17.6. The largest absolute Gasteiger partial charge is 0.342 e. The number of hydrogen-bond donors (Lipinski definition) is 1. The molecule has 1 heterocycles. The fraction of sp³-hybridized carbons (Fsp3) is 0.400. The van der Waals surface area contributed by atoms with Crippen LogP contribution in [0.1, 0.15) is 19.8 Å². The molecule has 1 aliphatic heterocycles. The van der Waals surface area contributed by atoms with Crippen molar-refractivity contribution in [3.8, 4) is 0 Å². The second-order valence-corrected chi connectivity index (χ2v) is 6.53. The number of amides is 2. The van der Waals surface area contributed by atoms with E-state index >= 15 is 0 Å². The van der Waals surface area contributed by atoms with Crippen molar-refractivity contribution < 1.29 is 9.59 Å². The molecular weight excluding hydrogens is 314 g/mol. The first-order chi connectivity index (χ1) is 12.1. The van der Waals surface area contributed by atoms with Crippen LogP contribution < -0.4 is 5.32 Å². The van der Waals surface area contributed by atoms with Crippen molar-refractivity contribution in [3.05, 3.63) is 42.5 Å². The minimum atomic E-state index is 0.0315. The van der Waals surface area contributed by atoms with Crippen LogP contribution in [0.4, 0.5) is 5.69 Å². The number of carbonyl (C=O) groups excluding carboxylic acids is 2. The molecule has 5 nitrogen and oxygen atoms in total. The molecule has 3 rings (SSSR count). The molecular formula is C20H25N3O2. The SMILES string of the molecule is CC(=O)N1CCCN(CCC(=O)Nc2cccc3ccccc23)CC1. The summed E-state index contributed by atoms with van der Waals surface area (Å²) in [6, 6.07) is 14.0. The normalized spacial score (nSPS) is 15.8. The van der Waals surface area contributed by atoms with E-state index in [1.807, 2.05) is 47.4 Å². The molecule has 0 atom stereocenters. The minimum absolute atomic E-state index is 0.0315. The molecule has 0 bridgehead atoms. The van der Waals surface area contributed by atoms with Gasteiger partial charge in [0.1, 0.15) is 0 Å². The number of nitrogens with one attached hydrogen (secondary N) is 1. The van der Waals surface area contributed by atoms with Crippen LogP contribution in [0.25, 0.3) is 10.8 Å². The van der Waals surface area contributed by atoms with E-state index in [0.29, 0.717) is 6.42 Å². The first-order valence-corrected chi connectivity index (χ1v) is 8.89. The quantitative estimate of drug-likeness (QED) is 0.932. The number of fused-ring (bicyclic) bond motifs is 1. The third kappa shape index (κ3) is 4.57. The molecule has 1 N–H and O–H groups in total. The van der Waals surface area contributed by atoms with Crippen molar-refractivity contribution >= 4 is 28.3 Å². The van der Waals surface area contributed by atoms with Crippen LogP contribution in [0.15, 0.2) is 42.5 Å². The predicted octanol–water partition coefficient (Wildman–Crippen LogP) is 2.72. The molecule has 1 saturated heterocycles. The Bertz CT molecular complexity index is 754. The molecule has 0 aromatic heterocycles. The lowest BCUT2D eigenvalue weighted by atomic mass is 10.1. The summed E-state index contributed by atoms with van der Waals surface area (Å²) in [5.41, 5.74) is 0.863. The van der Waals surface area contributed by atoms with Crippen LogP contribution >= 0.6 is 0 Å². The molecule has 2 aromatic rings. The van der Waals surface area contributed by atoms with Crippen LogP contribution in [-0.4, -0.2) is 54.3 Å². The highest BCUT2D eigenvalue weighted by Crippen LogP contribution is 2.23. The van der Waals surface area contributed by atoms with Gasteiger partial charge < -0.3 is 15.1 Å². The highest BCUT2D eigenvalue weighted by atomic mass is 16.2. The van der Waals surface area contributed by atoms with Gasteiger partial charge in [0.2, 0.25) is 11.8 Å². The third-order valence-corrected chi connectivity index (χ3v) is 4.75. The molecule has 0 aliphatic carbocycles. The highest BCUT2D eigenvalue weighted by molar-refractivity contribution is 6.02. The number of anilines is 1. The Balaban J connectivity index is 1.53. The first-order valence-electron chi connectivity index (χ1n) is 8.89. The maximum absolute atomic E-state index is 12.4. The van der Waals surface area contributed by atoms with E-state index in [2.05, 4.69) is 10.2 Å². The van der Waals surface area contributed by atoms with E-state index in [1.165, 1.54) is 0 Å². The molecule has 0 unspecified atom stereocenters. The van der Waals surface area contributed by atoms with Crippen molar-refractivity contribution in [3.63, 3.8) is 0 Å². The highest BCUT2D eigenvalue weighted by Gasteiger charge is 2.17. The Morgan fingerprint density at radius 1 is 1.00 bits per heavy atom. The Morgan fingerprint density at radius 3 is 2.64 bits per heavy atom. The van der Waals surface area contributed by atoms with Gasteiger partial charge in [-0.2, -0.15) is 0 Å². The third-order valence-electron chi connectivity index (χ3n) is 4.75. The second-order valence-electron chi connectivity index (χ2n) is 6.53. The molecule has 0 saturated carbocycles. The summed E-state index contributed by atoms with van der Waals surface area (Å²) in [6.07, 6.45) is 1.42. The second kappa shape index (κ2) is 8.12. The summed E-state index contributed by atoms with van der Waals surface area (Å²) in [4.78, 5) is 28.0. The molecule has 2 aromatic carbocycles. The van der Waals surface area contributed by atoms with Gasteiger partial charge in [-0.05, 0) is 24.4 Å². The number of rotatable bonds is 4. The van der Waals surface area contributed by atoms with E-state index in [9.17, 15) is 9.59 Å². The van der Waals surface area contributed by atoms with Crippen molar-refractivity contribution in [2.45, 2.75) is 19.8 Å². The Kier molecular flexibility index (Phi) is 5.66. The molecule has 2 amide bonds. The zero-order valence-corrected chi connectivity index (χ0v) is 14.7. The number of hydrogen-bond acceptors (Lipinski definition) is 3. The van der Waals surface area contributed by atoms with Gasteiger partial charge in [-0.25, -0.2) is 0 Å². The maximum atomic E-state index is 12.4. The molecule has 1 fully saturated rings. The monoisotopic (exact) mass is 339 g/mol. The van der Waals surface area contributed by atoms with Crippen molar-refractivity contribution in [1.29, 1.82) is 0 Å². The number of carbonyl (C=O) groups is 2. The van der Waals surface area contributed by atoms with Crippen LogP contribution in [0.3, 0.4) is 0 Å². The van der Waals surface area contributed by atoms with E-state index < -0.39 is 0 Å². The molecule has 5 heteroatoms. The summed E-state index contributed by atoms with van der Waals surface area (Å²) in [6.45, 7) is 5.68. The average molecular weight is 339 g/mol. The van der Waals surface area contributed by atoms with Gasteiger partial charge >= 0.3 is 0 Å². The predicted molar refractivity (Wildman–Crippen MR) is 101 cm³/mol. The molecule has 25 heavy (non-hydrogen) atoms. The van der Waals surface area contributed by atoms with Crippen molar-refractivity contribution in [1.82, 2.24) is 9.80 Å². The standard InChI is InChI=1S/C20H25N3O2/c1-16(24)23-12-5-11-22(14-15-23)13-10-20(25)21-19-9-4-7-17-6-2-3-8-18(17)19/h2-4,6-9H,5,10-15H2,1H3,(H,21,25). The molecule has 132 valence electrons. The van der Waals surface area contributed by atoms with Crippen LogP contribution in [-0.2, 0) is 9.59 Å². The smallest absolute Gasteiger partial charge is 0.225 e. The van der Waals surface area contributed by atoms with Gasteiger partial charge in [-0.1, -0.05) is 36.4 Å². The zero-order valence-electron chi connectivity index (χ0n) is 14.7. The molecule has 1 aliphatic rings. The lowest BCUT2D eigenvalue weighted by Gasteiger charge is -2.20. The van der Waals surface area contributed by atoms with Gasteiger partial charge in [0.05, 0.1) is 0 Å². The average Bonchev–Trinajstić information content (AvgIpc) is 2.86. The number of benzene rings is 2. The molecule has 0 spiro atoms. The van der Waals surface area contributed by atoms with E-state index in [4.69, 9.17) is 0 Å². The minimum Gasteiger partial charge on any atom is -0.342 e. The van der Waals surface area contributed by atoms with Crippen molar-refractivity contribution in [2.75, 3.05) is 38.0 Å². The summed E-state index contributed by atoms with van der Waals surface area (Å²) in [7, 11) is 0. The fourth-order valence-corrected chi connectivity index (χ4v) is 3.32. The van der Waals surface area contributed by atoms with Gasteiger partial charge in [-0.15, -0.1) is 0 Å². The topological polar surface area (TPSA) is 52.7 Å². The summed E-state index contributed by atoms with van der Waals surface area (Å²) < 4.78 is 0. The Hall–Kier alpha value is -2.40. The lowest BCUT2D eigenvalue weighted by molar-refractivity contribution is -0.128. The van der Waals surface area contributed by atoms with Gasteiger partial charge in [0.15, 0.2) is 0 Å². The number of nitrogens with zero attached hydrogens (tertiary/aromatic N) is 2. The molecule has 0 radical (unpaired) electrons. The summed E-state index contributed by atoms with van der Waals surface area (Å²) in [5.74, 6) is 0.166. The lowest BCUT2D eigenvalue weighted by Crippen LogP contribution is -2.34. The Morgan fingerprint density at radius 2 is 1.80 bits per heavy atom. The van der Waals surface area contributed by atoms with E-state index in [-0.39, 0.29) is 11.8 Å².